The Hall–Kier alpha value is -1.00. The van der Waals surface area contributed by atoms with E-state index in [-0.39, 0.29) is 5.02 Å². The molecule has 0 aliphatic rings. The van der Waals surface area contributed by atoms with Gasteiger partial charge in [-0.25, -0.2) is 4.39 Å². The van der Waals surface area contributed by atoms with Crippen LogP contribution in [0.5, 0.6) is 0 Å². The third kappa shape index (κ3) is 3.57. The topological polar surface area (TPSA) is 47.3 Å². The molecule has 0 unspecified atom stereocenters. The van der Waals surface area contributed by atoms with Crippen molar-refractivity contribution in [1.82, 2.24) is 0 Å². The van der Waals surface area contributed by atoms with Gasteiger partial charge < -0.3 is 15.8 Å². The van der Waals surface area contributed by atoms with Gasteiger partial charge in [0.05, 0.1) is 16.4 Å². The second-order valence-electron chi connectivity index (χ2n) is 3.13. The Kier molecular flexibility index (Phi) is 4.65. The largest absolute Gasteiger partial charge is 0.397 e. The first-order valence-electron chi connectivity index (χ1n) is 4.62. The fourth-order valence-electron chi connectivity index (χ4n) is 1.15. The molecule has 0 bridgehead atoms. The summed E-state index contributed by atoms with van der Waals surface area (Å²) in [4.78, 5) is 0. The zero-order valence-electron chi connectivity index (χ0n) is 8.52. The molecule has 15 heavy (non-hydrogen) atoms. The van der Waals surface area contributed by atoms with E-state index < -0.39 is 5.82 Å². The average molecular weight is 233 g/mol. The van der Waals surface area contributed by atoms with Crippen molar-refractivity contribution in [2.75, 3.05) is 31.3 Å². The molecular formula is C10H14ClFN2O. The maximum absolute atomic E-state index is 13.1. The van der Waals surface area contributed by atoms with Crippen molar-refractivity contribution in [3.05, 3.63) is 23.0 Å². The fraction of sp³-hybridized carbons (Fsp3) is 0.400. The summed E-state index contributed by atoms with van der Waals surface area (Å²) >= 11 is 5.57. The van der Waals surface area contributed by atoms with Crippen molar-refractivity contribution in [2.45, 2.75) is 6.42 Å². The van der Waals surface area contributed by atoms with Crippen LogP contribution >= 0.6 is 11.6 Å². The Bertz CT molecular complexity index is 333. The van der Waals surface area contributed by atoms with E-state index in [0.29, 0.717) is 24.5 Å². The number of anilines is 2. The van der Waals surface area contributed by atoms with E-state index in [9.17, 15) is 4.39 Å². The number of methoxy groups -OCH3 is 1. The maximum atomic E-state index is 13.1. The predicted molar refractivity (Wildman–Crippen MR) is 60.8 cm³/mol. The first-order chi connectivity index (χ1) is 7.15. The molecule has 0 aromatic heterocycles. The Labute approximate surface area is 93.4 Å². The van der Waals surface area contributed by atoms with E-state index in [4.69, 9.17) is 22.1 Å². The third-order valence-electron chi connectivity index (χ3n) is 1.93. The van der Waals surface area contributed by atoms with Crippen LogP contribution < -0.4 is 11.1 Å². The molecule has 0 fully saturated rings. The molecule has 0 atom stereocenters. The lowest BCUT2D eigenvalue weighted by molar-refractivity contribution is 0.198. The van der Waals surface area contributed by atoms with Crippen LogP contribution in [0.15, 0.2) is 12.1 Å². The highest BCUT2D eigenvalue weighted by molar-refractivity contribution is 6.31. The number of ether oxygens (including phenoxy) is 1. The first-order valence-corrected chi connectivity index (χ1v) is 5.00. The van der Waals surface area contributed by atoms with Gasteiger partial charge in [0.1, 0.15) is 5.82 Å². The van der Waals surface area contributed by atoms with Crippen LogP contribution in [0.3, 0.4) is 0 Å². The van der Waals surface area contributed by atoms with Gasteiger partial charge in [-0.1, -0.05) is 11.6 Å². The smallest absolute Gasteiger partial charge is 0.143 e. The molecule has 0 amide bonds. The lowest BCUT2D eigenvalue weighted by Crippen LogP contribution is -2.07. The van der Waals surface area contributed by atoms with Crippen LogP contribution in [0, 0.1) is 5.82 Å². The number of rotatable bonds is 5. The Morgan fingerprint density at radius 3 is 2.93 bits per heavy atom. The molecule has 0 aliphatic heterocycles. The number of hydrogen-bond acceptors (Lipinski definition) is 3. The highest BCUT2D eigenvalue weighted by Gasteiger charge is 2.05. The van der Waals surface area contributed by atoms with E-state index in [2.05, 4.69) is 5.32 Å². The molecule has 0 radical (unpaired) electrons. The molecular weight excluding hydrogens is 219 g/mol. The van der Waals surface area contributed by atoms with Crippen molar-refractivity contribution >= 4 is 23.0 Å². The molecule has 3 N–H and O–H groups in total. The molecule has 5 heteroatoms. The second-order valence-corrected chi connectivity index (χ2v) is 3.53. The van der Waals surface area contributed by atoms with Gasteiger partial charge in [-0.3, -0.25) is 0 Å². The van der Waals surface area contributed by atoms with Crippen molar-refractivity contribution in [1.29, 1.82) is 0 Å². The monoisotopic (exact) mass is 232 g/mol. The molecule has 0 heterocycles. The molecule has 84 valence electrons. The van der Waals surface area contributed by atoms with E-state index in [1.165, 1.54) is 12.1 Å². The number of nitrogens with one attached hydrogen (secondary N) is 1. The van der Waals surface area contributed by atoms with Gasteiger partial charge in [0.25, 0.3) is 0 Å². The van der Waals surface area contributed by atoms with Crippen molar-refractivity contribution in [2.24, 2.45) is 0 Å². The maximum Gasteiger partial charge on any atom is 0.143 e. The Morgan fingerprint density at radius 2 is 2.27 bits per heavy atom. The van der Waals surface area contributed by atoms with Crippen LogP contribution in [-0.4, -0.2) is 20.3 Å². The van der Waals surface area contributed by atoms with Gasteiger partial charge in [0.2, 0.25) is 0 Å². The van der Waals surface area contributed by atoms with Gasteiger partial charge in [-0.2, -0.15) is 0 Å². The number of nitrogens with two attached hydrogens (primary N) is 1. The summed E-state index contributed by atoms with van der Waals surface area (Å²) in [5.41, 5.74) is 6.67. The van der Waals surface area contributed by atoms with Crippen LogP contribution in [0.2, 0.25) is 5.02 Å². The highest BCUT2D eigenvalue weighted by Crippen LogP contribution is 2.25. The first kappa shape index (κ1) is 12.1. The summed E-state index contributed by atoms with van der Waals surface area (Å²) < 4.78 is 18.0. The normalized spacial score (nSPS) is 10.3. The quantitative estimate of drug-likeness (QED) is 0.606. The van der Waals surface area contributed by atoms with E-state index in [1.807, 2.05) is 0 Å². The minimum Gasteiger partial charge on any atom is -0.397 e. The zero-order chi connectivity index (χ0) is 11.3. The van der Waals surface area contributed by atoms with Crippen LogP contribution in [-0.2, 0) is 4.74 Å². The van der Waals surface area contributed by atoms with E-state index >= 15 is 0 Å². The predicted octanol–water partition coefficient (Wildman–Crippen LogP) is 2.51. The molecule has 0 saturated heterocycles. The van der Waals surface area contributed by atoms with Crippen LogP contribution in [0.4, 0.5) is 15.8 Å². The standard InChI is InChI=1S/C10H14ClFN2O/c1-15-4-2-3-14-10-6-8(12)7(11)5-9(10)13/h5-6,14H,2-4,13H2,1H3. The summed E-state index contributed by atoms with van der Waals surface area (Å²) in [6.45, 7) is 1.34. The highest BCUT2D eigenvalue weighted by atomic mass is 35.5. The Morgan fingerprint density at radius 1 is 1.53 bits per heavy atom. The lowest BCUT2D eigenvalue weighted by atomic mass is 10.2. The minimum atomic E-state index is -0.472. The van der Waals surface area contributed by atoms with E-state index in [0.717, 1.165) is 6.42 Å². The minimum absolute atomic E-state index is 0.0370. The molecule has 0 aliphatic carbocycles. The Balaban J connectivity index is 2.57. The van der Waals surface area contributed by atoms with Gasteiger partial charge in [0, 0.05) is 26.3 Å². The van der Waals surface area contributed by atoms with Gasteiger partial charge >= 0.3 is 0 Å². The SMILES string of the molecule is COCCCNc1cc(F)c(Cl)cc1N. The molecule has 0 spiro atoms. The average Bonchev–Trinajstić information content (AvgIpc) is 2.20. The van der Waals surface area contributed by atoms with Crippen molar-refractivity contribution < 1.29 is 9.13 Å². The van der Waals surface area contributed by atoms with Gasteiger partial charge in [-0.05, 0) is 12.5 Å². The molecule has 1 aromatic rings. The number of halogens is 2. The van der Waals surface area contributed by atoms with Gasteiger partial charge in [0.15, 0.2) is 0 Å². The second kappa shape index (κ2) is 5.78. The summed E-state index contributed by atoms with van der Waals surface area (Å²) in [6, 6.07) is 2.69. The summed E-state index contributed by atoms with van der Waals surface area (Å²) in [5.74, 6) is -0.472. The molecule has 1 rings (SSSR count). The summed E-state index contributed by atoms with van der Waals surface area (Å²) in [6.07, 6.45) is 0.834. The lowest BCUT2D eigenvalue weighted by Gasteiger charge is -2.09. The van der Waals surface area contributed by atoms with Crippen molar-refractivity contribution in [3.8, 4) is 0 Å². The van der Waals surface area contributed by atoms with Crippen LogP contribution in [0.25, 0.3) is 0 Å². The fourth-order valence-corrected chi connectivity index (χ4v) is 1.33. The van der Waals surface area contributed by atoms with Gasteiger partial charge in [-0.15, -0.1) is 0 Å². The van der Waals surface area contributed by atoms with Crippen LogP contribution in [0.1, 0.15) is 6.42 Å². The summed E-state index contributed by atoms with van der Waals surface area (Å²) in [7, 11) is 1.64. The number of benzene rings is 1. The van der Waals surface area contributed by atoms with Crippen molar-refractivity contribution in [3.63, 3.8) is 0 Å². The number of nitrogen functional groups attached to an aromatic ring is 1. The zero-order valence-corrected chi connectivity index (χ0v) is 9.27. The summed E-state index contributed by atoms with van der Waals surface area (Å²) in [5, 5.41) is 3.05. The van der Waals surface area contributed by atoms with E-state index in [1.54, 1.807) is 7.11 Å². The molecule has 3 nitrogen and oxygen atoms in total. The third-order valence-corrected chi connectivity index (χ3v) is 2.22. The number of hydrogen-bond donors (Lipinski definition) is 2. The molecule has 1 aromatic carbocycles. The molecule has 0 saturated carbocycles.